The molecule has 5 heteroatoms. The lowest BCUT2D eigenvalue weighted by atomic mass is 10.0. The van der Waals surface area contributed by atoms with E-state index in [9.17, 15) is 4.79 Å². The quantitative estimate of drug-likeness (QED) is 0.885. The first-order valence-corrected chi connectivity index (χ1v) is 7.17. The number of benzene rings is 1. The molecule has 0 unspecified atom stereocenters. The summed E-state index contributed by atoms with van der Waals surface area (Å²) in [6, 6.07) is 7.77. The molecule has 0 radical (unpaired) electrons. The van der Waals surface area contributed by atoms with Crippen molar-refractivity contribution in [3.05, 3.63) is 29.8 Å². The molecular weight excluding hydrogens is 256 g/mol. The Morgan fingerprint density at radius 2 is 2.15 bits per heavy atom. The third-order valence-electron chi connectivity index (χ3n) is 3.84. The second-order valence-electron chi connectivity index (χ2n) is 5.31. The molecule has 2 N–H and O–H groups in total. The Morgan fingerprint density at radius 3 is 3.00 bits per heavy atom. The van der Waals surface area contributed by atoms with Gasteiger partial charge in [0.25, 0.3) is 0 Å². The third-order valence-corrected chi connectivity index (χ3v) is 3.84. The summed E-state index contributed by atoms with van der Waals surface area (Å²) in [5.74, 6) is 1.32. The Labute approximate surface area is 118 Å². The summed E-state index contributed by atoms with van der Waals surface area (Å²) in [4.78, 5) is 12.0. The van der Waals surface area contributed by atoms with Crippen LogP contribution in [0.2, 0.25) is 0 Å². The van der Waals surface area contributed by atoms with Crippen LogP contribution in [0.3, 0.4) is 0 Å². The van der Waals surface area contributed by atoms with E-state index in [1.807, 2.05) is 24.3 Å². The number of urea groups is 1. The van der Waals surface area contributed by atoms with Gasteiger partial charge in [-0.1, -0.05) is 18.2 Å². The smallest absolute Gasteiger partial charge is 0.315 e. The Hall–Kier alpha value is -1.75. The second kappa shape index (κ2) is 6.13. The highest BCUT2D eigenvalue weighted by atomic mass is 16.5. The fraction of sp³-hybridized carbons (Fsp3) is 0.533. The number of carbonyl (C=O) groups is 1. The van der Waals surface area contributed by atoms with E-state index < -0.39 is 0 Å². The molecule has 1 saturated heterocycles. The molecule has 0 saturated carbocycles. The maximum Gasteiger partial charge on any atom is 0.315 e. The van der Waals surface area contributed by atoms with Crippen LogP contribution in [-0.2, 0) is 4.74 Å². The van der Waals surface area contributed by atoms with Crippen molar-refractivity contribution in [2.45, 2.75) is 18.9 Å². The van der Waals surface area contributed by atoms with E-state index in [4.69, 9.17) is 9.47 Å². The minimum atomic E-state index is -0.112. The number of carbonyl (C=O) groups excluding carboxylic acids is 1. The molecule has 2 atom stereocenters. The minimum absolute atomic E-state index is 0.0276. The van der Waals surface area contributed by atoms with E-state index in [1.165, 1.54) is 0 Å². The molecule has 3 rings (SSSR count). The molecule has 2 heterocycles. The number of rotatable bonds is 3. The van der Waals surface area contributed by atoms with Crippen LogP contribution < -0.4 is 15.4 Å². The predicted octanol–water partition coefficient (Wildman–Crippen LogP) is 1.85. The van der Waals surface area contributed by atoms with E-state index in [2.05, 4.69) is 10.6 Å². The zero-order valence-electron chi connectivity index (χ0n) is 11.4. The summed E-state index contributed by atoms with van der Waals surface area (Å²) in [6.07, 6.45) is 1.83. The SMILES string of the molecule is O=C(NC[C@@H]1CCOC1)N[C@@H]1CCOc2ccccc21. The molecule has 2 aliphatic rings. The van der Waals surface area contributed by atoms with Crippen LogP contribution in [0.1, 0.15) is 24.4 Å². The van der Waals surface area contributed by atoms with Crippen LogP contribution in [0.25, 0.3) is 0 Å². The molecular formula is C15H20N2O3. The van der Waals surface area contributed by atoms with Crippen LogP contribution in [0.4, 0.5) is 4.79 Å². The molecule has 20 heavy (non-hydrogen) atoms. The van der Waals surface area contributed by atoms with Gasteiger partial charge in [-0.2, -0.15) is 0 Å². The van der Waals surface area contributed by atoms with Gasteiger partial charge in [-0.3, -0.25) is 0 Å². The van der Waals surface area contributed by atoms with E-state index in [-0.39, 0.29) is 12.1 Å². The van der Waals surface area contributed by atoms with Gasteiger partial charge in [0.2, 0.25) is 0 Å². The van der Waals surface area contributed by atoms with E-state index >= 15 is 0 Å². The highest BCUT2D eigenvalue weighted by molar-refractivity contribution is 5.74. The molecule has 2 aliphatic heterocycles. The molecule has 108 valence electrons. The standard InChI is InChI=1S/C15H20N2O3/c18-15(16-9-11-5-7-19-10-11)17-13-6-8-20-14-4-2-1-3-12(13)14/h1-4,11,13H,5-10H2,(H2,16,17,18)/t11-,13+/m0/s1. The monoisotopic (exact) mass is 276 g/mol. The molecule has 0 aromatic heterocycles. The summed E-state index contributed by atoms with van der Waals surface area (Å²) in [7, 11) is 0. The van der Waals surface area contributed by atoms with E-state index in [0.717, 1.165) is 37.4 Å². The number of hydrogen-bond acceptors (Lipinski definition) is 3. The Morgan fingerprint density at radius 1 is 1.25 bits per heavy atom. The Balaban J connectivity index is 1.54. The van der Waals surface area contributed by atoms with Crippen molar-refractivity contribution in [2.24, 2.45) is 5.92 Å². The number of amides is 2. The molecule has 0 spiro atoms. The van der Waals surface area contributed by atoms with E-state index in [0.29, 0.717) is 19.1 Å². The maximum absolute atomic E-state index is 12.0. The van der Waals surface area contributed by atoms with Crippen LogP contribution in [0, 0.1) is 5.92 Å². The normalized spacial score (nSPS) is 24.6. The summed E-state index contributed by atoms with van der Waals surface area (Å²) in [5, 5.41) is 5.96. The molecule has 5 nitrogen and oxygen atoms in total. The number of nitrogens with one attached hydrogen (secondary N) is 2. The largest absolute Gasteiger partial charge is 0.493 e. The van der Waals surface area contributed by atoms with Crippen molar-refractivity contribution in [3.8, 4) is 5.75 Å². The van der Waals surface area contributed by atoms with Gasteiger partial charge in [-0.05, 0) is 12.5 Å². The highest BCUT2D eigenvalue weighted by Crippen LogP contribution is 2.31. The number of ether oxygens (including phenoxy) is 2. The fourth-order valence-corrected chi connectivity index (χ4v) is 2.68. The third kappa shape index (κ3) is 3.04. The van der Waals surface area contributed by atoms with Crippen molar-refractivity contribution in [2.75, 3.05) is 26.4 Å². The van der Waals surface area contributed by atoms with Gasteiger partial charge in [-0.15, -0.1) is 0 Å². The number of fused-ring (bicyclic) bond motifs is 1. The minimum Gasteiger partial charge on any atom is -0.493 e. The summed E-state index contributed by atoms with van der Waals surface area (Å²) < 4.78 is 10.9. The first-order chi connectivity index (χ1) is 9.83. The Kier molecular flexibility index (Phi) is 4.06. The topological polar surface area (TPSA) is 59.6 Å². The van der Waals surface area contributed by atoms with E-state index in [1.54, 1.807) is 0 Å². The zero-order chi connectivity index (χ0) is 13.8. The summed E-state index contributed by atoms with van der Waals surface area (Å²) >= 11 is 0. The van der Waals surface area contributed by atoms with Crippen LogP contribution in [-0.4, -0.2) is 32.4 Å². The molecule has 1 aromatic rings. The van der Waals surface area contributed by atoms with Gasteiger partial charge in [0.15, 0.2) is 0 Å². The number of para-hydroxylation sites is 1. The van der Waals surface area contributed by atoms with Crippen molar-refractivity contribution < 1.29 is 14.3 Å². The Bertz CT molecular complexity index is 472. The maximum atomic E-state index is 12.0. The first kappa shape index (κ1) is 13.2. The summed E-state index contributed by atoms with van der Waals surface area (Å²) in [6.45, 7) is 2.87. The van der Waals surface area contributed by atoms with Gasteiger partial charge in [0.1, 0.15) is 5.75 Å². The fourth-order valence-electron chi connectivity index (χ4n) is 2.68. The summed E-state index contributed by atoms with van der Waals surface area (Å²) in [5.41, 5.74) is 1.05. The second-order valence-corrected chi connectivity index (χ2v) is 5.31. The lowest BCUT2D eigenvalue weighted by Gasteiger charge is -2.26. The van der Waals surface area contributed by atoms with Crippen molar-refractivity contribution in [1.82, 2.24) is 10.6 Å². The van der Waals surface area contributed by atoms with Gasteiger partial charge in [0, 0.05) is 31.1 Å². The van der Waals surface area contributed by atoms with Gasteiger partial charge >= 0.3 is 6.03 Å². The van der Waals surface area contributed by atoms with Gasteiger partial charge in [-0.25, -0.2) is 4.79 Å². The molecule has 0 bridgehead atoms. The lowest BCUT2D eigenvalue weighted by Crippen LogP contribution is -2.41. The van der Waals surface area contributed by atoms with Crippen LogP contribution in [0.5, 0.6) is 5.75 Å². The van der Waals surface area contributed by atoms with Crippen molar-refractivity contribution in [1.29, 1.82) is 0 Å². The lowest BCUT2D eigenvalue weighted by molar-refractivity contribution is 0.184. The highest BCUT2D eigenvalue weighted by Gasteiger charge is 2.23. The molecule has 0 aliphatic carbocycles. The molecule has 1 fully saturated rings. The van der Waals surface area contributed by atoms with Crippen LogP contribution in [0.15, 0.2) is 24.3 Å². The molecule has 1 aromatic carbocycles. The number of hydrogen-bond donors (Lipinski definition) is 2. The average Bonchev–Trinajstić information content (AvgIpc) is 2.99. The van der Waals surface area contributed by atoms with Crippen LogP contribution >= 0.6 is 0 Å². The van der Waals surface area contributed by atoms with Crippen molar-refractivity contribution >= 4 is 6.03 Å². The van der Waals surface area contributed by atoms with Crippen molar-refractivity contribution in [3.63, 3.8) is 0 Å². The average molecular weight is 276 g/mol. The van der Waals surface area contributed by atoms with Gasteiger partial charge in [0.05, 0.1) is 19.3 Å². The molecule has 2 amide bonds. The van der Waals surface area contributed by atoms with Gasteiger partial charge < -0.3 is 20.1 Å². The predicted molar refractivity (Wildman–Crippen MR) is 74.8 cm³/mol. The first-order valence-electron chi connectivity index (χ1n) is 7.17. The zero-order valence-corrected chi connectivity index (χ0v) is 11.4.